The predicted octanol–water partition coefficient (Wildman–Crippen LogP) is 7.09. The fourth-order valence-corrected chi connectivity index (χ4v) is 4.53. The lowest BCUT2D eigenvalue weighted by molar-refractivity contribution is -0.137. The lowest BCUT2D eigenvalue weighted by Crippen LogP contribution is -2.45. The van der Waals surface area contributed by atoms with E-state index in [2.05, 4.69) is 10.3 Å². The Morgan fingerprint density at radius 3 is 2.40 bits per heavy atom. The Bertz CT molecular complexity index is 1420. The van der Waals surface area contributed by atoms with Crippen LogP contribution in [0.2, 0.25) is 0 Å². The normalized spacial score (nSPS) is 11.4. The van der Waals surface area contributed by atoms with Crippen molar-refractivity contribution in [2.45, 2.75) is 38.9 Å². The topological polar surface area (TPSA) is 68.4 Å². The van der Waals surface area contributed by atoms with Gasteiger partial charge in [0.25, 0.3) is 0 Å². The van der Waals surface area contributed by atoms with E-state index in [1.807, 2.05) is 67.7 Å². The number of rotatable bonds is 11. The lowest BCUT2D eigenvalue weighted by atomic mass is 10.1. The van der Waals surface area contributed by atoms with E-state index >= 15 is 0 Å². The van der Waals surface area contributed by atoms with Crippen LogP contribution in [0, 0.1) is 0 Å². The van der Waals surface area contributed by atoms with E-state index in [9.17, 15) is 22.8 Å². The Kier molecular flexibility index (Phi) is 9.47. The van der Waals surface area contributed by atoms with Crippen molar-refractivity contribution in [1.82, 2.24) is 14.8 Å². The maximum atomic E-state index is 13.6. The van der Waals surface area contributed by atoms with Gasteiger partial charge in [0.15, 0.2) is 0 Å². The number of halogens is 3. The van der Waals surface area contributed by atoms with Gasteiger partial charge in [-0.25, -0.2) is 4.79 Å². The van der Waals surface area contributed by atoms with Crippen molar-refractivity contribution in [2.24, 2.45) is 0 Å². The zero-order valence-corrected chi connectivity index (χ0v) is 22.4. The third kappa shape index (κ3) is 7.65. The lowest BCUT2D eigenvalue weighted by Gasteiger charge is -2.28. The molecule has 0 aliphatic rings. The number of hydrogen-bond acceptors (Lipinski definition) is 2. The first-order valence-corrected chi connectivity index (χ1v) is 13.3. The zero-order chi connectivity index (χ0) is 28.5. The summed E-state index contributed by atoms with van der Waals surface area (Å²) < 4.78 is 39.5. The number of unbranched alkanes of at least 4 members (excludes halogenated alkanes) is 1. The van der Waals surface area contributed by atoms with Crippen molar-refractivity contribution in [3.05, 3.63) is 102 Å². The summed E-state index contributed by atoms with van der Waals surface area (Å²) in [6, 6.07) is 21.5. The van der Waals surface area contributed by atoms with E-state index in [0.717, 1.165) is 40.6 Å². The van der Waals surface area contributed by atoms with E-state index in [4.69, 9.17) is 0 Å². The van der Waals surface area contributed by atoms with Crippen LogP contribution < -0.4 is 5.32 Å². The van der Waals surface area contributed by atoms with Gasteiger partial charge in [0.05, 0.1) is 5.56 Å². The van der Waals surface area contributed by atoms with Crippen LogP contribution >= 0.6 is 0 Å². The molecule has 0 aliphatic heterocycles. The molecule has 3 aromatic carbocycles. The van der Waals surface area contributed by atoms with Crippen LogP contribution in [0.15, 0.2) is 85.1 Å². The molecule has 3 amide bonds. The maximum Gasteiger partial charge on any atom is 0.416 e. The van der Waals surface area contributed by atoms with E-state index < -0.39 is 17.8 Å². The van der Waals surface area contributed by atoms with Gasteiger partial charge in [0.1, 0.15) is 6.54 Å². The van der Waals surface area contributed by atoms with Crippen LogP contribution in [0.25, 0.3) is 10.9 Å². The number of para-hydroxylation sites is 1. The van der Waals surface area contributed by atoms with Gasteiger partial charge in [0, 0.05) is 42.4 Å². The standard InChI is InChI=1S/C31H33F3N4O2/c1-2-3-17-38(30(40)36-26-13-9-12-25(19-26)31(32,33)34)22-29(39)37(21-23-10-5-4-6-11-23)18-16-24-20-35-28-15-8-7-14-27(24)28/h4-15,19-20,35H,2-3,16-18,21-22H2,1H3,(H,36,40). The smallest absolute Gasteiger partial charge is 0.361 e. The predicted molar refractivity (Wildman–Crippen MR) is 151 cm³/mol. The van der Waals surface area contributed by atoms with Gasteiger partial charge in [-0.1, -0.05) is 67.9 Å². The summed E-state index contributed by atoms with van der Waals surface area (Å²) in [5.41, 5.74) is 2.24. The monoisotopic (exact) mass is 550 g/mol. The molecule has 9 heteroatoms. The third-order valence-electron chi connectivity index (χ3n) is 6.73. The van der Waals surface area contributed by atoms with Crippen LogP contribution in [-0.4, -0.2) is 46.4 Å². The summed E-state index contributed by atoms with van der Waals surface area (Å²) in [6.45, 7) is 2.89. The van der Waals surface area contributed by atoms with Gasteiger partial charge in [-0.3, -0.25) is 4.79 Å². The molecule has 1 aromatic heterocycles. The highest BCUT2D eigenvalue weighted by molar-refractivity contribution is 5.92. The van der Waals surface area contributed by atoms with Crippen molar-refractivity contribution in [3.63, 3.8) is 0 Å². The number of nitrogens with one attached hydrogen (secondary N) is 2. The second-order valence-electron chi connectivity index (χ2n) is 9.69. The summed E-state index contributed by atoms with van der Waals surface area (Å²) in [4.78, 5) is 33.1. The van der Waals surface area contributed by atoms with Gasteiger partial charge >= 0.3 is 12.2 Å². The molecule has 0 saturated heterocycles. The molecule has 40 heavy (non-hydrogen) atoms. The van der Waals surface area contributed by atoms with E-state index in [1.165, 1.54) is 17.0 Å². The summed E-state index contributed by atoms with van der Waals surface area (Å²) in [7, 11) is 0. The quantitative estimate of drug-likeness (QED) is 0.209. The number of alkyl halides is 3. The fourth-order valence-electron chi connectivity index (χ4n) is 4.53. The average molecular weight is 551 g/mol. The summed E-state index contributed by atoms with van der Waals surface area (Å²) in [6.07, 6.45) is -0.519. The molecular formula is C31H33F3N4O2. The number of nitrogens with zero attached hydrogens (tertiary/aromatic N) is 2. The third-order valence-corrected chi connectivity index (χ3v) is 6.73. The fraction of sp³-hybridized carbons (Fsp3) is 0.290. The van der Waals surface area contributed by atoms with Crippen LogP contribution in [-0.2, 0) is 23.9 Å². The second-order valence-corrected chi connectivity index (χ2v) is 9.69. The van der Waals surface area contributed by atoms with Crippen LogP contribution in [0.3, 0.4) is 0 Å². The number of carbonyl (C=O) groups is 2. The number of benzene rings is 3. The minimum absolute atomic E-state index is 0.0225. The highest BCUT2D eigenvalue weighted by Crippen LogP contribution is 2.30. The number of H-pyrrole nitrogens is 1. The molecule has 0 atom stereocenters. The number of carbonyl (C=O) groups excluding carboxylic acids is 2. The molecule has 0 spiro atoms. The summed E-state index contributed by atoms with van der Waals surface area (Å²) >= 11 is 0. The minimum Gasteiger partial charge on any atom is -0.361 e. The number of amides is 3. The Morgan fingerprint density at radius 2 is 1.65 bits per heavy atom. The molecule has 4 aromatic rings. The largest absolute Gasteiger partial charge is 0.416 e. The van der Waals surface area contributed by atoms with Crippen molar-refractivity contribution in [2.75, 3.05) is 25.0 Å². The number of aromatic nitrogens is 1. The van der Waals surface area contributed by atoms with Gasteiger partial charge in [0.2, 0.25) is 5.91 Å². The SMILES string of the molecule is CCCCN(CC(=O)N(CCc1c[nH]c2ccccc12)Cc1ccccc1)C(=O)Nc1cccc(C(F)(F)F)c1. The molecule has 0 bridgehead atoms. The first-order chi connectivity index (χ1) is 19.2. The molecule has 0 unspecified atom stereocenters. The highest BCUT2D eigenvalue weighted by atomic mass is 19.4. The Morgan fingerprint density at radius 1 is 0.900 bits per heavy atom. The molecule has 0 radical (unpaired) electrons. The van der Waals surface area contributed by atoms with Crippen molar-refractivity contribution in [1.29, 1.82) is 0 Å². The molecule has 0 fully saturated rings. The van der Waals surface area contributed by atoms with Crippen LogP contribution in [0.1, 0.15) is 36.5 Å². The zero-order valence-electron chi connectivity index (χ0n) is 22.4. The second kappa shape index (κ2) is 13.2. The minimum atomic E-state index is -4.53. The van der Waals surface area contributed by atoms with Gasteiger partial charge in [-0.15, -0.1) is 0 Å². The first-order valence-electron chi connectivity index (χ1n) is 13.3. The molecule has 0 aliphatic carbocycles. The van der Waals surface area contributed by atoms with Gasteiger partial charge in [-0.05, 0) is 48.2 Å². The van der Waals surface area contributed by atoms with Crippen molar-refractivity contribution in [3.8, 4) is 0 Å². The number of urea groups is 1. The van der Waals surface area contributed by atoms with Crippen molar-refractivity contribution >= 4 is 28.5 Å². The number of hydrogen-bond donors (Lipinski definition) is 2. The van der Waals surface area contributed by atoms with E-state index in [0.29, 0.717) is 32.5 Å². The van der Waals surface area contributed by atoms with Gasteiger partial charge in [-0.2, -0.15) is 13.2 Å². The Hall–Kier alpha value is -4.27. The molecule has 4 rings (SSSR count). The number of fused-ring (bicyclic) bond motifs is 1. The highest BCUT2D eigenvalue weighted by Gasteiger charge is 2.30. The summed E-state index contributed by atoms with van der Waals surface area (Å²) in [5.74, 6) is -0.237. The Balaban J connectivity index is 1.50. The number of aromatic amines is 1. The average Bonchev–Trinajstić information content (AvgIpc) is 3.36. The molecule has 0 saturated carbocycles. The molecule has 6 nitrogen and oxygen atoms in total. The summed E-state index contributed by atoms with van der Waals surface area (Å²) in [5, 5.41) is 3.64. The first kappa shape index (κ1) is 28.7. The molecule has 1 heterocycles. The number of anilines is 1. The van der Waals surface area contributed by atoms with E-state index in [-0.39, 0.29) is 18.1 Å². The van der Waals surface area contributed by atoms with Crippen LogP contribution in [0.4, 0.5) is 23.7 Å². The maximum absolute atomic E-state index is 13.6. The molecule has 2 N–H and O–H groups in total. The Labute approximate surface area is 231 Å². The molecule has 210 valence electrons. The van der Waals surface area contributed by atoms with Gasteiger partial charge < -0.3 is 20.1 Å². The van der Waals surface area contributed by atoms with E-state index in [1.54, 1.807) is 4.90 Å². The molecular weight excluding hydrogens is 517 g/mol. The van der Waals surface area contributed by atoms with Crippen LogP contribution in [0.5, 0.6) is 0 Å². The van der Waals surface area contributed by atoms with Crippen molar-refractivity contribution < 1.29 is 22.8 Å².